The van der Waals surface area contributed by atoms with Crippen LogP contribution in [0.4, 0.5) is 0 Å². The van der Waals surface area contributed by atoms with Crippen molar-refractivity contribution in [1.82, 2.24) is 5.32 Å². The lowest BCUT2D eigenvalue weighted by molar-refractivity contribution is -0.121. The van der Waals surface area contributed by atoms with Crippen molar-refractivity contribution in [2.75, 3.05) is 6.54 Å². The highest BCUT2D eigenvalue weighted by Crippen LogP contribution is 2.52. The Bertz CT molecular complexity index is 955. The van der Waals surface area contributed by atoms with Gasteiger partial charge in [0.25, 0.3) is 0 Å². The number of nitrogens with two attached hydrogens (primary N) is 1. The van der Waals surface area contributed by atoms with E-state index >= 15 is 0 Å². The molecule has 7 heteroatoms. The second-order valence-electron chi connectivity index (χ2n) is 7.37. The predicted molar refractivity (Wildman–Crippen MR) is 127 cm³/mol. The molecule has 0 aliphatic rings. The summed E-state index contributed by atoms with van der Waals surface area (Å²) in [6, 6.07) is 27.2. The van der Waals surface area contributed by atoms with Crippen LogP contribution in [0.3, 0.4) is 0 Å². The first-order valence-electron chi connectivity index (χ1n) is 10.7. The van der Waals surface area contributed by atoms with Crippen molar-refractivity contribution >= 4 is 13.5 Å². The van der Waals surface area contributed by atoms with Crippen LogP contribution < -0.4 is 20.1 Å². The maximum atomic E-state index is 14.2. The van der Waals surface area contributed by atoms with E-state index in [9.17, 15) is 9.36 Å². The van der Waals surface area contributed by atoms with Gasteiger partial charge in [0.05, 0.1) is 0 Å². The monoisotopic (exact) mass is 452 g/mol. The molecule has 0 aromatic heterocycles. The second-order valence-corrected chi connectivity index (χ2v) is 9.44. The molecule has 3 aromatic carbocycles. The van der Waals surface area contributed by atoms with Gasteiger partial charge < -0.3 is 20.1 Å². The summed E-state index contributed by atoms with van der Waals surface area (Å²) in [7, 11) is -3.89. The Hall–Kier alpha value is -3.08. The number of rotatable bonds is 12. The molecule has 0 radical (unpaired) electrons. The molecule has 6 nitrogen and oxygen atoms in total. The molecule has 1 amide bonds. The van der Waals surface area contributed by atoms with E-state index in [1.54, 1.807) is 48.5 Å². The fourth-order valence-corrected chi connectivity index (χ4v) is 5.03. The third-order valence-electron chi connectivity index (χ3n) is 4.79. The minimum absolute atomic E-state index is 0.215. The standard InChI is InChI=1S/C25H29N2O4P/c26-19-11-10-18-24(28)27-25(20-21-12-4-1-5-13-21)32(29,30-22-14-6-2-7-15-22)31-23-16-8-3-9-17-23/h1-9,12-17,25H,10-11,18-20,26H2,(H,27,28). The van der Waals surface area contributed by atoms with Crippen LogP contribution >= 0.6 is 7.60 Å². The van der Waals surface area contributed by atoms with Crippen molar-refractivity contribution in [3.8, 4) is 11.5 Å². The first kappa shape index (κ1) is 23.6. The van der Waals surface area contributed by atoms with E-state index in [0.717, 1.165) is 12.0 Å². The summed E-state index contributed by atoms with van der Waals surface area (Å²) in [6.45, 7) is 0.521. The first-order valence-corrected chi connectivity index (χ1v) is 12.3. The van der Waals surface area contributed by atoms with E-state index < -0.39 is 13.4 Å². The maximum absolute atomic E-state index is 14.2. The topological polar surface area (TPSA) is 90.7 Å². The molecule has 32 heavy (non-hydrogen) atoms. The van der Waals surface area contributed by atoms with E-state index in [4.69, 9.17) is 14.8 Å². The van der Waals surface area contributed by atoms with Gasteiger partial charge >= 0.3 is 7.60 Å². The van der Waals surface area contributed by atoms with Gasteiger partial charge in [-0.05, 0) is 49.2 Å². The van der Waals surface area contributed by atoms with Crippen LogP contribution in [0.2, 0.25) is 0 Å². The minimum atomic E-state index is -3.89. The number of para-hydroxylation sites is 2. The zero-order valence-corrected chi connectivity index (χ0v) is 18.8. The van der Waals surface area contributed by atoms with Gasteiger partial charge in [-0.15, -0.1) is 0 Å². The van der Waals surface area contributed by atoms with Crippen LogP contribution in [0.15, 0.2) is 91.0 Å². The molecule has 3 aromatic rings. The summed E-state index contributed by atoms with van der Waals surface area (Å²) < 4.78 is 26.2. The van der Waals surface area contributed by atoms with Crippen molar-refractivity contribution in [1.29, 1.82) is 0 Å². The summed E-state index contributed by atoms with van der Waals surface area (Å²) in [5.41, 5.74) is 6.45. The molecule has 0 saturated carbocycles. The summed E-state index contributed by atoms with van der Waals surface area (Å²) in [6.07, 6.45) is 1.98. The maximum Gasteiger partial charge on any atom is 0.453 e. The Morgan fingerprint density at radius 2 is 1.31 bits per heavy atom. The molecule has 3 rings (SSSR count). The molecule has 0 spiro atoms. The van der Waals surface area contributed by atoms with Crippen LogP contribution in [-0.4, -0.2) is 18.2 Å². The quantitative estimate of drug-likeness (QED) is 0.293. The summed E-state index contributed by atoms with van der Waals surface area (Å²) in [5, 5.41) is 2.91. The number of carbonyl (C=O) groups is 1. The van der Waals surface area contributed by atoms with Gasteiger partial charge in [0.2, 0.25) is 5.91 Å². The van der Waals surface area contributed by atoms with E-state index in [1.165, 1.54) is 0 Å². The number of unbranched alkanes of at least 4 members (excludes halogenated alkanes) is 1. The molecule has 3 N–H and O–H groups in total. The molecule has 0 fully saturated rings. The van der Waals surface area contributed by atoms with Crippen molar-refractivity contribution in [3.05, 3.63) is 96.6 Å². The Balaban J connectivity index is 1.92. The molecule has 168 valence electrons. The molecule has 0 saturated heterocycles. The Labute approximate surface area is 189 Å². The number of carbonyl (C=O) groups excluding carboxylic acids is 1. The highest BCUT2D eigenvalue weighted by molar-refractivity contribution is 7.55. The first-order chi connectivity index (χ1) is 15.6. The lowest BCUT2D eigenvalue weighted by atomic mass is 10.1. The highest BCUT2D eigenvalue weighted by atomic mass is 31.2. The van der Waals surface area contributed by atoms with Crippen LogP contribution in [-0.2, 0) is 15.8 Å². The minimum Gasteiger partial charge on any atom is -0.415 e. The van der Waals surface area contributed by atoms with Crippen LogP contribution in [0, 0.1) is 0 Å². The highest BCUT2D eigenvalue weighted by Gasteiger charge is 2.40. The fraction of sp³-hybridized carbons (Fsp3) is 0.240. The molecule has 0 heterocycles. The lowest BCUT2D eigenvalue weighted by Crippen LogP contribution is -2.38. The third kappa shape index (κ3) is 7.26. The molecule has 1 unspecified atom stereocenters. The fourth-order valence-electron chi connectivity index (χ4n) is 3.17. The van der Waals surface area contributed by atoms with Crippen molar-refractivity contribution in [3.63, 3.8) is 0 Å². The van der Waals surface area contributed by atoms with Crippen LogP contribution in [0.25, 0.3) is 0 Å². The molecular weight excluding hydrogens is 423 g/mol. The van der Waals surface area contributed by atoms with Crippen molar-refractivity contribution in [2.24, 2.45) is 5.73 Å². The summed E-state index contributed by atoms with van der Waals surface area (Å²) in [4.78, 5) is 12.7. The normalized spacial score (nSPS) is 12.0. The van der Waals surface area contributed by atoms with E-state index in [0.29, 0.717) is 37.3 Å². The molecule has 0 aliphatic heterocycles. The molecule has 0 bridgehead atoms. The van der Waals surface area contributed by atoms with E-state index in [-0.39, 0.29) is 5.91 Å². The SMILES string of the molecule is NCCCCC(=O)NC(Cc1ccccc1)P(=O)(Oc1ccccc1)Oc1ccccc1. The average molecular weight is 452 g/mol. The second kappa shape index (κ2) is 12.1. The molecular formula is C25H29N2O4P. The van der Waals surface area contributed by atoms with Crippen LogP contribution in [0.1, 0.15) is 24.8 Å². The predicted octanol–water partition coefficient (Wildman–Crippen LogP) is 5.15. The summed E-state index contributed by atoms with van der Waals surface area (Å²) in [5.74, 6) is -0.284. The van der Waals surface area contributed by atoms with Gasteiger partial charge in [0, 0.05) is 12.8 Å². The molecule has 0 aliphatic carbocycles. The number of nitrogens with one attached hydrogen (secondary N) is 1. The molecule has 1 atom stereocenters. The zero-order chi connectivity index (χ0) is 22.7. The van der Waals surface area contributed by atoms with Gasteiger partial charge in [-0.2, -0.15) is 0 Å². The Morgan fingerprint density at radius 1 is 0.812 bits per heavy atom. The van der Waals surface area contributed by atoms with Crippen molar-refractivity contribution in [2.45, 2.75) is 31.5 Å². The third-order valence-corrected chi connectivity index (χ3v) is 6.80. The van der Waals surface area contributed by atoms with Gasteiger partial charge in [-0.1, -0.05) is 66.7 Å². The van der Waals surface area contributed by atoms with Gasteiger partial charge in [-0.25, -0.2) is 4.57 Å². The van der Waals surface area contributed by atoms with Gasteiger partial charge in [0.15, 0.2) is 5.78 Å². The zero-order valence-electron chi connectivity index (χ0n) is 17.9. The average Bonchev–Trinajstić information content (AvgIpc) is 2.81. The van der Waals surface area contributed by atoms with E-state index in [2.05, 4.69) is 5.32 Å². The van der Waals surface area contributed by atoms with Gasteiger partial charge in [0.1, 0.15) is 11.5 Å². The van der Waals surface area contributed by atoms with Crippen molar-refractivity contribution < 1.29 is 18.4 Å². The smallest absolute Gasteiger partial charge is 0.415 e. The number of hydrogen-bond acceptors (Lipinski definition) is 5. The Kier molecular flexibility index (Phi) is 8.90. The number of amides is 1. The largest absolute Gasteiger partial charge is 0.453 e. The number of benzene rings is 3. The van der Waals surface area contributed by atoms with E-state index in [1.807, 2.05) is 42.5 Å². The van der Waals surface area contributed by atoms with Crippen LogP contribution in [0.5, 0.6) is 11.5 Å². The Morgan fingerprint density at radius 3 is 1.81 bits per heavy atom. The van der Waals surface area contributed by atoms with Gasteiger partial charge in [-0.3, -0.25) is 4.79 Å². The lowest BCUT2D eigenvalue weighted by Gasteiger charge is -2.28. The number of hydrogen-bond donors (Lipinski definition) is 2. The summed E-state index contributed by atoms with van der Waals surface area (Å²) >= 11 is 0.